The minimum atomic E-state index is -3.93. The zero-order valence-electron chi connectivity index (χ0n) is 10.8. The Morgan fingerprint density at radius 2 is 1.95 bits per heavy atom. The average molecular weight is 289 g/mol. The van der Waals surface area contributed by atoms with Gasteiger partial charge in [0, 0.05) is 6.04 Å². The third kappa shape index (κ3) is 3.74. The van der Waals surface area contributed by atoms with Crippen molar-refractivity contribution >= 4 is 16.0 Å². The van der Waals surface area contributed by atoms with Crippen LogP contribution in [0.3, 0.4) is 0 Å². The van der Waals surface area contributed by atoms with Crippen LogP contribution in [0, 0.1) is 18.7 Å². The maximum Gasteiger partial charge on any atom is 0.307 e. The third-order valence-electron chi connectivity index (χ3n) is 2.93. The summed E-state index contributed by atoms with van der Waals surface area (Å²) in [4.78, 5) is 10.5. The van der Waals surface area contributed by atoms with Crippen LogP contribution in [0.5, 0.6) is 0 Å². The van der Waals surface area contributed by atoms with Crippen LogP contribution < -0.4 is 4.72 Å². The first-order chi connectivity index (χ1) is 8.65. The van der Waals surface area contributed by atoms with Crippen LogP contribution in [0.4, 0.5) is 4.39 Å². The fourth-order valence-corrected chi connectivity index (χ4v) is 2.70. The second kappa shape index (κ2) is 5.66. The molecule has 19 heavy (non-hydrogen) atoms. The molecule has 1 aromatic rings. The van der Waals surface area contributed by atoms with Gasteiger partial charge in [-0.2, -0.15) is 0 Å². The quantitative estimate of drug-likeness (QED) is 0.861. The predicted octanol–water partition coefficient (Wildman–Crippen LogP) is 1.52. The molecule has 106 valence electrons. The summed E-state index contributed by atoms with van der Waals surface area (Å²) in [6.45, 7) is 4.36. The number of hydrogen-bond acceptors (Lipinski definition) is 3. The molecular formula is C12H16FNO4S. The van der Waals surface area contributed by atoms with Crippen molar-refractivity contribution in [2.75, 3.05) is 0 Å². The molecule has 1 rings (SSSR count). The zero-order valence-corrected chi connectivity index (χ0v) is 11.7. The van der Waals surface area contributed by atoms with E-state index in [4.69, 9.17) is 5.11 Å². The van der Waals surface area contributed by atoms with E-state index in [9.17, 15) is 17.6 Å². The summed E-state index contributed by atoms with van der Waals surface area (Å²) in [5.74, 6) is -2.61. The standard InChI is InChI=1S/C12H16FNO4S/c1-7-4-5-10(6-11(7)13)19(17,18)14-9(3)8(2)12(15)16/h4-6,8-9,14H,1-3H3,(H,15,16). The van der Waals surface area contributed by atoms with Gasteiger partial charge in [-0.3, -0.25) is 4.79 Å². The zero-order chi connectivity index (χ0) is 14.8. The first-order valence-corrected chi connectivity index (χ1v) is 7.14. The highest BCUT2D eigenvalue weighted by atomic mass is 32.2. The number of nitrogens with one attached hydrogen (secondary N) is 1. The van der Waals surface area contributed by atoms with Crippen molar-refractivity contribution in [3.8, 4) is 0 Å². The number of rotatable bonds is 5. The molecule has 0 radical (unpaired) electrons. The Hall–Kier alpha value is -1.47. The molecule has 0 fully saturated rings. The summed E-state index contributed by atoms with van der Waals surface area (Å²) in [7, 11) is -3.93. The number of halogens is 1. The van der Waals surface area contributed by atoms with Gasteiger partial charge >= 0.3 is 5.97 Å². The van der Waals surface area contributed by atoms with Gasteiger partial charge < -0.3 is 5.11 Å². The van der Waals surface area contributed by atoms with Gasteiger partial charge in [0.15, 0.2) is 0 Å². The molecule has 0 saturated heterocycles. The molecule has 1 aromatic carbocycles. The number of carboxylic acids is 1. The van der Waals surface area contributed by atoms with Crippen LogP contribution in [0.15, 0.2) is 23.1 Å². The van der Waals surface area contributed by atoms with Crippen LogP contribution in [0.1, 0.15) is 19.4 Å². The van der Waals surface area contributed by atoms with Crippen molar-refractivity contribution in [1.82, 2.24) is 4.72 Å². The van der Waals surface area contributed by atoms with E-state index in [1.54, 1.807) is 0 Å². The fraction of sp³-hybridized carbons (Fsp3) is 0.417. The van der Waals surface area contributed by atoms with Gasteiger partial charge in [-0.1, -0.05) is 13.0 Å². The number of aryl methyl sites for hydroxylation is 1. The molecule has 0 bridgehead atoms. The second-order valence-electron chi connectivity index (χ2n) is 4.45. The molecule has 5 nitrogen and oxygen atoms in total. The smallest absolute Gasteiger partial charge is 0.307 e. The molecule has 0 amide bonds. The first-order valence-electron chi connectivity index (χ1n) is 5.66. The highest BCUT2D eigenvalue weighted by Gasteiger charge is 2.25. The van der Waals surface area contributed by atoms with Gasteiger partial charge in [0.25, 0.3) is 0 Å². The van der Waals surface area contributed by atoms with E-state index in [-0.39, 0.29) is 4.90 Å². The summed E-state index contributed by atoms with van der Waals surface area (Å²) in [6, 6.07) is 2.75. The van der Waals surface area contributed by atoms with Crippen LogP contribution >= 0.6 is 0 Å². The van der Waals surface area contributed by atoms with Crippen molar-refractivity contribution in [2.45, 2.75) is 31.7 Å². The van der Waals surface area contributed by atoms with Gasteiger partial charge in [0.05, 0.1) is 10.8 Å². The first kappa shape index (κ1) is 15.6. The van der Waals surface area contributed by atoms with E-state index >= 15 is 0 Å². The minimum Gasteiger partial charge on any atom is -0.481 e. The maximum absolute atomic E-state index is 13.3. The molecule has 2 unspecified atom stereocenters. The van der Waals surface area contributed by atoms with E-state index < -0.39 is 33.8 Å². The Morgan fingerprint density at radius 3 is 2.42 bits per heavy atom. The lowest BCUT2D eigenvalue weighted by Crippen LogP contribution is -2.40. The maximum atomic E-state index is 13.3. The summed E-state index contributed by atoms with van der Waals surface area (Å²) >= 11 is 0. The Morgan fingerprint density at radius 1 is 1.37 bits per heavy atom. The molecule has 2 N–H and O–H groups in total. The van der Waals surface area contributed by atoms with E-state index in [2.05, 4.69) is 4.72 Å². The molecule has 0 spiro atoms. The highest BCUT2D eigenvalue weighted by Crippen LogP contribution is 2.15. The van der Waals surface area contributed by atoms with Gasteiger partial charge in [-0.15, -0.1) is 0 Å². The molecule has 0 aliphatic carbocycles. The van der Waals surface area contributed by atoms with E-state index in [1.165, 1.54) is 32.9 Å². The van der Waals surface area contributed by atoms with E-state index in [1.807, 2.05) is 0 Å². The molecule has 0 saturated carbocycles. The summed E-state index contributed by atoms with van der Waals surface area (Å²) in [5, 5.41) is 8.81. The lowest BCUT2D eigenvalue weighted by molar-refractivity contribution is -0.141. The Labute approximate surface area is 111 Å². The molecule has 0 aliphatic rings. The predicted molar refractivity (Wildman–Crippen MR) is 67.7 cm³/mol. The third-order valence-corrected chi connectivity index (χ3v) is 4.49. The Balaban J connectivity index is 2.98. The number of benzene rings is 1. The fourth-order valence-electron chi connectivity index (χ4n) is 1.37. The summed E-state index contributed by atoms with van der Waals surface area (Å²) < 4.78 is 39.5. The molecule has 2 atom stereocenters. The molecule has 7 heteroatoms. The summed E-state index contributed by atoms with van der Waals surface area (Å²) in [6.07, 6.45) is 0. The van der Waals surface area contributed by atoms with Crippen molar-refractivity contribution in [3.63, 3.8) is 0 Å². The van der Waals surface area contributed by atoms with Crippen molar-refractivity contribution < 1.29 is 22.7 Å². The minimum absolute atomic E-state index is 0.222. The monoisotopic (exact) mass is 289 g/mol. The number of hydrogen-bond donors (Lipinski definition) is 2. The topological polar surface area (TPSA) is 83.5 Å². The van der Waals surface area contributed by atoms with Crippen molar-refractivity contribution in [2.24, 2.45) is 5.92 Å². The van der Waals surface area contributed by atoms with Gasteiger partial charge in [0.1, 0.15) is 5.82 Å². The molecule has 0 aliphatic heterocycles. The lowest BCUT2D eigenvalue weighted by Gasteiger charge is -2.17. The normalized spacial score (nSPS) is 14.9. The highest BCUT2D eigenvalue weighted by molar-refractivity contribution is 7.89. The summed E-state index contributed by atoms with van der Waals surface area (Å²) in [5.41, 5.74) is 0.339. The lowest BCUT2D eigenvalue weighted by atomic mass is 10.1. The Kier molecular flexibility index (Phi) is 4.65. The molecule has 0 aromatic heterocycles. The van der Waals surface area contributed by atoms with Crippen LogP contribution in [0.2, 0.25) is 0 Å². The average Bonchev–Trinajstić information content (AvgIpc) is 2.30. The van der Waals surface area contributed by atoms with Crippen molar-refractivity contribution in [3.05, 3.63) is 29.6 Å². The van der Waals surface area contributed by atoms with Gasteiger partial charge in [-0.25, -0.2) is 17.5 Å². The molecule has 0 heterocycles. The SMILES string of the molecule is Cc1ccc(S(=O)(=O)NC(C)C(C)C(=O)O)cc1F. The number of sulfonamides is 1. The Bertz CT molecular complexity index is 585. The van der Waals surface area contributed by atoms with Gasteiger partial charge in [-0.05, 0) is 31.5 Å². The number of carboxylic acid groups (broad SMARTS) is 1. The van der Waals surface area contributed by atoms with Crippen LogP contribution in [0.25, 0.3) is 0 Å². The number of carbonyl (C=O) groups is 1. The second-order valence-corrected chi connectivity index (χ2v) is 6.16. The largest absolute Gasteiger partial charge is 0.481 e. The van der Waals surface area contributed by atoms with Crippen LogP contribution in [-0.2, 0) is 14.8 Å². The molecular weight excluding hydrogens is 273 g/mol. The number of aliphatic carboxylic acids is 1. The van der Waals surface area contributed by atoms with Gasteiger partial charge in [0.2, 0.25) is 10.0 Å². The van der Waals surface area contributed by atoms with E-state index in [0.29, 0.717) is 5.56 Å². The van der Waals surface area contributed by atoms with Crippen molar-refractivity contribution in [1.29, 1.82) is 0 Å². The van der Waals surface area contributed by atoms with E-state index in [0.717, 1.165) is 6.07 Å². The van der Waals surface area contributed by atoms with Crippen LogP contribution in [-0.4, -0.2) is 25.5 Å².